The maximum atomic E-state index is 11.9. The highest BCUT2D eigenvalue weighted by molar-refractivity contribution is 6.30. The number of carbonyl (C=O) groups excluding carboxylic acids is 3. The van der Waals surface area contributed by atoms with Crippen LogP contribution >= 0.6 is 11.6 Å². The lowest BCUT2D eigenvalue weighted by Crippen LogP contribution is -2.29. The SMILES string of the molecule is CC(=O)c1cccc(NC(=O)CC(=O)NCCc2ccc(Cl)cc2)c1. The fourth-order valence-corrected chi connectivity index (χ4v) is 2.35. The van der Waals surface area contributed by atoms with Gasteiger partial charge >= 0.3 is 0 Å². The molecule has 2 aromatic rings. The van der Waals surface area contributed by atoms with E-state index in [1.165, 1.54) is 6.92 Å². The van der Waals surface area contributed by atoms with Crippen molar-refractivity contribution in [2.24, 2.45) is 0 Å². The summed E-state index contributed by atoms with van der Waals surface area (Å²) in [5.74, 6) is -0.866. The maximum Gasteiger partial charge on any atom is 0.233 e. The standard InChI is InChI=1S/C19H19ClN2O3/c1-13(23)15-3-2-4-17(11-15)22-19(25)12-18(24)21-10-9-14-5-7-16(20)8-6-14/h2-8,11H,9-10,12H2,1H3,(H,21,24)(H,22,25). The minimum Gasteiger partial charge on any atom is -0.355 e. The lowest BCUT2D eigenvalue weighted by Gasteiger charge is -2.08. The molecule has 0 saturated heterocycles. The molecule has 0 saturated carbocycles. The summed E-state index contributed by atoms with van der Waals surface area (Å²) in [7, 11) is 0. The van der Waals surface area contributed by atoms with Gasteiger partial charge in [0.1, 0.15) is 6.42 Å². The molecule has 0 aromatic heterocycles. The first-order valence-electron chi connectivity index (χ1n) is 7.86. The average molecular weight is 359 g/mol. The van der Waals surface area contributed by atoms with Gasteiger partial charge in [0.2, 0.25) is 11.8 Å². The smallest absolute Gasteiger partial charge is 0.233 e. The van der Waals surface area contributed by atoms with Crippen molar-refractivity contribution in [3.8, 4) is 0 Å². The van der Waals surface area contributed by atoms with Gasteiger partial charge in [-0.1, -0.05) is 35.9 Å². The molecule has 0 radical (unpaired) electrons. The minimum absolute atomic E-state index is 0.0870. The highest BCUT2D eigenvalue weighted by Crippen LogP contribution is 2.12. The Balaban J connectivity index is 1.76. The topological polar surface area (TPSA) is 75.3 Å². The molecular weight excluding hydrogens is 340 g/mol. The summed E-state index contributed by atoms with van der Waals surface area (Å²) in [6.45, 7) is 1.89. The van der Waals surface area contributed by atoms with E-state index in [0.29, 0.717) is 29.2 Å². The van der Waals surface area contributed by atoms with E-state index in [0.717, 1.165) is 5.56 Å². The summed E-state index contributed by atoms with van der Waals surface area (Å²) < 4.78 is 0. The molecule has 2 amide bonds. The summed E-state index contributed by atoms with van der Waals surface area (Å²) in [5, 5.41) is 5.99. The van der Waals surface area contributed by atoms with Crippen molar-refractivity contribution in [3.05, 3.63) is 64.7 Å². The molecule has 5 nitrogen and oxygen atoms in total. The van der Waals surface area contributed by atoms with E-state index in [2.05, 4.69) is 10.6 Å². The van der Waals surface area contributed by atoms with Crippen LogP contribution in [0.2, 0.25) is 5.02 Å². The molecule has 0 heterocycles. The van der Waals surface area contributed by atoms with E-state index in [4.69, 9.17) is 11.6 Å². The second kappa shape index (κ2) is 8.99. The lowest BCUT2D eigenvalue weighted by molar-refractivity contribution is -0.126. The molecule has 0 spiro atoms. The summed E-state index contributed by atoms with van der Waals surface area (Å²) >= 11 is 5.81. The predicted octanol–water partition coefficient (Wildman–Crippen LogP) is 3.23. The number of hydrogen-bond acceptors (Lipinski definition) is 3. The van der Waals surface area contributed by atoms with Gasteiger partial charge in [-0.25, -0.2) is 0 Å². The van der Waals surface area contributed by atoms with Crippen molar-refractivity contribution in [1.29, 1.82) is 0 Å². The third-order valence-electron chi connectivity index (χ3n) is 3.52. The van der Waals surface area contributed by atoms with Gasteiger partial charge in [-0.2, -0.15) is 0 Å². The zero-order chi connectivity index (χ0) is 18.2. The van der Waals surface area contributed by atoms with Crippen molar-refractivity contribution >= 4 is 34.9 Å². The number of Topliss-reactive ketones (excluding diaryl/α,β-unsaturated/α-hetero) is 1. The molecule has 25 heavy (non-hydrogen) atoms. The number of anilines is 1. The number of rotatable bonds is 7. The zero-order valence-electron chi connectivity index (χ0n) is 13.8. The summed E-state index contributed by atoms with van der Waals surface area (Å²) in [6.07, 6.45) is 0.385. The second-order valence-electron chi connectivity index (χ2n) is 5.59. The van der Waals surface area contributed by atoms with E-state index >= 15 is 0 Å². The molecule has 130 valence electrons. The van der Waals surface area contributed by atoms with Gasteiger partial charge in [0.15, 0.2) is 5.78 Å². The van der Waals surface area contributed by atoms with Gasteiger partial charge in [0.25, 0.3) is 0 Å². The van der Waals surface area contributed by atoms with Gasteiger partial charge in [0.05, 0.1) is 0 Å². The van der Waals surface area contributed by atoms with Crippen LogP contribution in [-0.2, 0) is 16.0 Å². The molecule has 2 N–H and O–H groups in total. The Kier molecular flexibility index (Phi) is 6.71. The second-order valence-corrected chi connectivity index (χ2v) is 6.02. The molecule has 2 aromatic carbocycles. The first kappa shape index (κ1) is 18.7. The van der Waals surface area contributed by atoms with Crippen molar-refractivity contribution in [1.82, 2.24) is 5.32 Å². The van der Waals surface area contributed by atoms with Crippen LogP contribution in [0, 0.1) is 0 Å². The summed E-state index contributed by atoms with van der Waals surface area (Å²) in [6, 6.07) is 14.0. The minimum atomic E-state index is -0.426. The Morgan fingerprint density at radius 2 is 1.72 bits per heavy atom. The van der Waals surface area contributed by atoms with Gasteiger partial charge < -0.3 is 10.6 Å². The molecule has 2 rings (SSSR count). The van der Waals surface area contributed by atoms with Crippen molar-refractivity contribution in [3.63, 3.8) is 0 Å². The molecule has 0 atom stereocenters. The van der Waals surface area contributed by atoms with Gasteiger partial charge in [-0.3, -0.25) is 14.4 Å². The molecule has 0 aliphatic carbocycles. The number of halogens is 1. The molecule has 0 aliphatic rings. The Bertz CT molecular complexity index is 772. The van der Waals surface area contributed by atoms with Crippen molar-refractivity contribution < 1.29 is 14.4 Å². The van der Waals surface area contributed by atoms with E-state index in [1.807, 2.05) is 12.1 Å². The first-order valence-corrected chi connectivity index (χ1v) is 8.24. The number of ketones is 1. The molecule has 6 heteroatoms. The molecule has 0 fully saturated rings. The highest BCUT2D eigenvalue weighted by Gasteiger charge is 2.10. The summed E-state index contributed by atoms with van der Waals surface area (Å²) in [5.41, 5.74) is 2.05. The first-order chi connectivity index (χ1) is 11.9. The molecule has 0 unspecified atom stereocenters. The molecule has 0 bridgehead atoms. The van der Waals surface area contributed by atoms with Gasteiger partial charge in [0, 0.05) is 22.8 Å². The third kappa shape index (κ3) is 6.39. The Labute approximate surface area is 151 Å². The maximum absolute atomic E-state index is 11.9. The van der Waals surface area contributed by atoms with Crippen LogP contribution in [0.25, 0.3) is 0 Å². The quantitative estimate of drug-likeness (QED) is 0.589. The lowest BCUT2D eigenvalue weighted by atomic mass is 10.1. The van der Waals surface area contributed by atoms with E-state index in [-0.39, 0.29) is 18.1 Å². The predicted molar refractivity (Wildman–Crippen MR) is 97.9 cm³/mol. The van der Waals surface area contributed by atoms with Crippen LogP contribution in [0.3, 0.4) is 0 Å². The normalized spacial score (nSPS) is 10.2. The van der Waals surface area contributed by atoms with Crippen LogP contribution in [0.1, 0.15) is 29.3 Å². The number of nitrogens with one attached hydrogen (secondary N) is 2. The zero-order valence-corrected chi connectivity index (χ0v) is 14.6. The van der Waals surface area contributed by atoms with Crippen molar-refractivity contribution in [2.75, 3.05) is 11.9 Å². The van der Waals surface area contributed by atoms with Crippen LogP contribution in [0.4, 0.5) is 5.69 Å². The molecule has 0 aliphatic heterocycles. The van der Waals surface area contributed by atoms with Gasteiger partial charge in [-0.05, 0) is 43.2 Å². The van der Waals surface area contributed by atoms with E-state index in [1.54, 1.807) is 36.4 Å². The highest BCUT2D eigenvalue weighted by atomic mass is 35.5. The fraction of sp³-hybridized carbons (Fsp3) is 0.211. The monoisotopic (exact) mass is 358 g/mol. The Morgan fingerprint density at radius 1 is 1.00 bits per heavy atom. The van der Waals surface area contributed by atoms with Crippen LogP contribution in [-0.4, -0.2) is 24.1 Å². The molecular formula is C19H19ClN2O3. The Hall–Kier alpha value is -2.66. The van der Waals surface area contributed by atoms with Crippen LogP contribution in [0.5, 0.6) is 0 Å². The number of carbonyl (C=O) groups is 3. The van der Waals surface area contributed by atoms with Crippen LogP contribution < -0.4 is 10.6 Å². The Morgan fingerprint density at radius 3 is 2.40 bits per heavy atom. The van der Waals surface area contributed by atoms with Gasteiger partial charge in [-0.15, -0.1) is 0 Å². The van der Waals surface area contributed by atoms with Crippen molar-refractivity contribution in [2.45, 2.75) is 19.8 Å². The number of amides is 2. The fourth-order valence-electron chi connectivity index (χ4n) is 2.23. The number of benzene rings is 2. The van der Waals surface area contributed by atoms with E-state index in [9.17, 15) is 14.4 Å². The van der Waals surface area contributed by atoms with E-state index < -0.39 is 5.91 Å². The summed E-state index contributed by atoms with van der Waals surface area (Å²) in [4.78, 5) is 35.0. The van der Waals surface area contributed by atoms with Crippen LogP contribution in [0.15, 0.2) is 48.5 Å². The third-order valence-corrected chi connectivity index (χ3v) is 3.78. The number of hydrogen-bond donors (Lipinski definition) is 2. The average Bonchev–Trinajstić information content (AvgIpc) is 2.56. The largest absolute Gasteiger partial charge is 0.355 e.